The number of aromatic nitrogens is 2. The number of sulfonamides is 1. The Bertz CT molecular complexity index is 1010. The van der Waals surface area contributed by atoms with E-state index in [2.05, 4.69) is 9.71 Å². The van der Waals surface area contributed by atoms with E-state index in [1.54, 1.807) is 18.3 Å². The first kappa shape index (κ1) is 17.2. The minimum Gasteiger partial charge on any atom is -0.497 e. The molecule has 2 heterocycles. The number of ether oxygens (including phenoxy) is 2. The van der Waals surface area contributed by atoms with Crippen LogP contribution in [-0.2, 0) is 16.6 Å². The van der Waals surface area contributed by atoms with Gasteiger partial charge in [0.2, 0.25) is 10.0 Å². The Morgan fingerprint density at radius 1 is 1.16 bits per heavy atom. The summed E-state index contributed by atoms with van der Waals surface area (Å²) in [6.45, 7) is 2.05. The molecule has 2 aromatic heterocycles. The molecular weight excluding hydrogens is 342 g/mol. The molecule has 0 radical (unpaired) electrons. The Morgan fingerprint density at radius 3 is 2.68 bits per heavy atom. The molecule has 3 rings (SSSR count). The van der Waals surface area contributed by atoms with Gasteiger partial charge in [0.05, 0.1) is 26.5 Å². The molecule has 0 aliphatic rings. The summed E-state index contributed by atoms with van der Waals surface area (Å²) >= 11 is 0. The van der Waals surface area contributed by atoms with E-state index in [4.69, 9.17) is 9.47 Å². The standard InChI is InChI=1S/C17H19N3O4S/c1-12-6-7-20-11-13(19-17(20)8-12)10-18-25(21,22)16-9-14(23-2)4-5-15(16)24-3/h4-9,11,18H,10H2,1-3H3. The summed E-state index contributed by atoms with van der Waals surface area (Å²) in [5.74, 6) is 0.684. The number of aryl methyl sites for hydroxylation is 1. The van der Waals surface area contributed by atoms with Crippen LogP contribution in [0.5, 0.6) is 11.5 Å². The molecule has 8 heteroatoms. The summed E-state index contributed by atoms with van der Waals surface area (Å²) in [5.41, 5.74) is 2.48. The number of methoxy groups -OCH3 is 2. The fourth-order valence-electron chi connectivity index (χ4n) is 2.46. The predicted molar refractivity (Wildman–Crippen MR) is 93.5 cm³/mol. The number of nitrogens with zero attached hydrogens (tertiary/aromatic N) is 2. The Labute approximate surface area is 146 Å². The van der Waals surface area contributed by atoms with Crippen LogP contribution >= 0.6 is 0 Å². The van der Waals surface area contributed by atoms with Crippen molar-refractivity contribution in [3.63, 3.8) is 0 Å². The summed E-state index contributed by atoms with van der Waals surface area (Å²) in [4.78, 5) is 4.45. The monoisotopic (exact) mass is 361 g/mol. The van der Waals surface area contributed by atoms with Crippen molar-refractivity contribution in [2.75, 3.05) is 14.2 Å². The van der Waals surface area contributed by atoms with Crippen molar-refractivity contribution in [2.24, 2.45) is 0 Å². The largest absolute Gasteiger partial charge is 0.497 e. The highest BCUT2D eigenvalue weighted by atomic mass is 32.2. The number of imidazole rings is 1. The molecule has 0 bridgehead atoms. The van der Waals surface area contributed by atoms with Gasteiger partial charge >= 0.3 is 0 Å². The fraction of sp³-hybridized carbons (Fsp3) is 0.235. The summed E-state index contributed by atoms with van der Waals surface area (Å²) in [5, 5.41) is 0. The van der Waals surface area contributed by atoms with Gasteiger partial charge in [-0.15, -0.1) is 0 Å². The molecule has 0 spiro atoms. The summed E-state index contributed by atoms with van der Waals surface area (Å²) in [7, 11) is -0.885. The van der Waals surface area contributed by atoms with Crippen molar-refractivity contribution in [2.45, 2.75) is 18.4 Å². The topological polar surface area (TPSA) is 81.9 Å². The number of nitrogens with one attached hydrogen (secondary N) is 1. The lowest BCUT2D eigenvalue weighted by Gasteiger charge is -2.11. The highest BCUT2D eigenvalue weighted by Crippen LogP contribution is 2.28. The Kier molecular flexibility index (Phi) is 4.65. The second kappa shape index (κ2) is 6.73. The molecule has 25 heavy (non-hydrogen) atoms. The minimum absolute atomic E-state index is 0.0222. The maximum Gasteiger partial charge on any atom is 0.244 e. The number of pyridine rings is 1. The highest BCUT2D eigenvalue weighted by Gasteiger charge is 2.20. The summed E-state index contributed by atoms with van der Waals surface area (Å²) in [6.07, 6.45) is 3.68. The van der Waals surface area contributed by atoms with Gasteiger partial charge in [-0.05, 0) is 36.8 Å². The maximum absolute atomic E-state index is 12.6. The van der Waals surface area contributed by atoms with Crippen LogP contribution in [0, 0.1) is 6.92 Å². The van der Waals surface area contributed by atoms with E-state index in [0.717, 1.165) is 11.2 Å². The van der Waals surface area contributed by atoms with Crippen LogP contribution in [0.25, 0.3) is 5.65 Å². The van der Waals surface area contributed by atoms with Crippen molar-refractivity contribution in [3.8, 4) is 11.5 Å². The summed E-state index contributed by atoms with van der Waals surface area (Å²) < 4.78 is 39.9. The molecule has 0 unspecified atom stereocenters. The van der Waals surface area contributed by atoms with Gasteiger partial charge < -0.3 is 13.9 Å². The molecule has 132 valence electrons. The third kappa shape index (κ3) is 3.59. The Morgan fingerprint density at radius 2 is 1.96 bits per heavy atom. The molecule has 1 N–H and O–H groups in total. The van der Waals surface area contributed by atoms with Gasteiger partial charge in [-0.2, -0.15) is 0 Å². The normalized spacial score (nSPS) is 11.6. The van der Waals surface area contributed by atoms with E-state index < -0.39 is 10.0 Å². The first-order valence-electron chi connectivity index (χ1n) is 7.59. The highest BCUT2D eigenvalue weighted by molar-refractivity contribution is 7.89. The predicted octanol–water partition coefficient (Wildman–Crippen LogP) is 2.14. The smallest absolute Gasteiger partial charge is 0.244 e. The van der Waals surface area contributed by atoms with E-state index in [9.17, 15) is 8.42 Å². The van der Waals surface area contributed by atoms with Gasteiger partial charge in [-0.1, -0.05) is 0 Å². The van der Waals surface area contributed by atoms with Crippen LogP contribution in [0.1, 0.15) is 11.3 Å². The van der Waals surface area contributed by atoms with Crippen molar-refractivity contribution < 1.29 is 17.9 Å². The Balaban J connectivity index is 1.85. The second-order valence-electron chi connectivity index (χ2n) is 5.54. The lowest BCUT2D eigenvalue weighted by atomic mass is 10.3. The van der Waals surface area contributed by atoms with Crippen molar-refractivity contribution in [1.82, 2.24) is 14.1 Å². The van der Waals surface area contributed by atoms with E-state index in [1.165, 1.54) is 20.3 Å². The Hall–Kier alpha value is -2.58. The zero-order valence-corrected chi connectivity index (χ0v) is 15.0. The zero-order valence-electron chi connectivity index (χ0n) is 14.2. The molecular formula is C17H19N3O4S. The average Bonchev–Trinajstić information content (AvgIpc) is 3.01. The third-order valence-corrected chi connectivity index (χ3v) is 5.19. The van der Waals surface area contributed by atoms with Crippen molar-refractivity contribution in [1.29, 1.82) is 0 Å². The van der Waals surface area contributed by atoms with E-state index >= 15 is 0 Å². The van der Waals surface area contributed by atoms with E-state index in [1.807, 2.05) is 29.7 Å². The van der Waals surface area contributed by atoms with E-state index in [-0.39, 0.29) is 17.2 Å². The number of rotatable bonds is 6. The summed E-state index contributed by atoms with van der Waals surface area (Å²) in [6, 6.07) is 8.52. The average molecular weight is 361 g/mol. The second-order valence-corrected chi connectivity index (χ2v) is 7.28. The molecule has 0 atom stereocenters. The fourth-order valence-corrected chi connectivity index (χ4v) is 3.64. The molecule has 1 aromatic carbocycles. The minimum atomic E-state index is -3.78. The van der Waals surface area contributed by atoms with Gasteiger partial charge in [-0.25, -0.2) is 18.1 Å². The van der Waals surface area contributed by atoms with Gasteiger partial charge in [0.15, 0.2) is 0 Å². The van der Waals surface area contributed by atoms with Crippen LogP contribution in [-0.4, -0.2) is 32.0 Å². The molecule has 0 amide bonds. The number of fused-ring (bicyclic) bond motifs is 1. The molecule has 0 aliphatic carbocycles. The van der Waals surface area contributed by atoms with Gasteiger partial charge in [-0.3, -0.25) is 0 Å². The lowest BCUT2D eigenvalue weighted by Crippen LogP contribution is -2.24. The molecule has 0 saturated heterocycles. The molecule has 0 fully saturated rings. The first-order valence-corrected chi connectivity index (χ1v) is 9.07. The molecule has 3 aromatic rings. The van der Waals surface area contributed by atoms with Crippen LogP contribution in [0.3, 0.4) is 0 Å². The number of benzene rings is 1. The number of hydrogen-bond acceptors (Lipinski definition) is 5. The number of hydrogen-bond donors (Lipinski definition) is 1. The maximum atomic E-state index is 12.6. The molecule has 0 aliphatic heterocycles. The quantitative estimate of drug-likeness (QED) is 0.727. The SMILES string of the molecule is COc1ccc(OC)c(S(=O)(=O)NCc2cn3ccc(C)cc3n2)c1. The zero-order chi connectivity index (χ0) is 18.0. The van der Waals surface area contributed by atoms with Gasteiger partial charge in [0.1, 0.15) is 22.0 Å². The van der Waals surface area contributed by atoms with Crippen LogP contribution in [0.2, 0.25) is 0 Å². The molecule has 7 nitrogen and oxygen atoms in total. The van der Waals surface area contributed by atoms with E-state index in [0.29, 0.717) is 11.4 Å². The van der Waals surface area contributed by atoms with Crippen molar-refractivity contribution >= 4 is 15.7 Å². The lowest BCUT2D eigenvalue weighted by molar-refractivity contribution is 0.392. The first-order chi connectivity index (χ1) is 11.9. The van der Waals surface area contributed by atoms with Crippen molar-refractivity contribution in [3.05, 3.63) is 54.0 Å². The van der Waals surface area contributed by atoms with Crippen LogP contribution in [0.15, 0.2) is 47.6 Å². The molecule has 0 saturated carbocycles. The van der Waals surface area contributed by atoms with Crippen LogP contribution < -0.4 is 14.2 Å². The van der Waals surface area contributed by atoms with Gasteiger partial charge in [0.25, 0.3) is 0 Å². The van der Waals surface area contributed by atoms with Crippen LogP contribution in [0.4, 0.5) is 0 Å². The van der Waals surface area contributed by atoms with Gasteiger partial charge in [0, 0.05) is 18.5 Å². The third-order valence-electron chi connectivity index (χ3n) is 3.77.